The lowest BCUT2D eigenvalue weighted by Gasteiger charge is -2.59. The average molecular weight is 262 g/mol. The highest BCUT2D eigenvalue weighted by molar-refractivity contribution is 5.04. The van der Waals surface area contributed by atoms with Gasteiger partial charge in [-0.3, -0.25) is 0 Å². The number of allylic oxidation sites excluding steroid dienone is 1. The summed E-state index contributed by atoms with van der Waals surface area (Å²) in [7, 11) is 0. The first-order valence-electron chi connectivity index (χ1n) is 8.36. The van der Waals surface area contributed by atoms with Crippen LogP contribution in [0.4, 0.5) is 0 Å². The van der Waals surface area contributed by atoms with E-state index in [0.717, 1.165) is 30.3 Å². The maximum atomic E-state index is 5.88. The molecule has 0 N–H and O–H groups in total. The Labute approximate surface area is 118 Å². The van der Waals surface area contributed by atoms with Crippen LogP contribution in [0.3, 0.4) is 0 Å². The average Bonchev–Trinajstić information content (AvgIpc) is 2.32. The number of hydrogen-bond donors (Lipinski definition) is 0. The molecule has 19 heavy (non-hydrogen) atoms. The van der Waals surface area contributed by atoms with Crippen LogP contribution in [0.1, 0.15) is 65.7 Å². The van der Waals surface area contributed by atoms with Gasteiger partial charge in [-0.15, -0.1) is 0 Å². The first-order valence-corrected chi connectivity index (χ1v) is 8.36. The Hall–Kier alpha value is -0.460. The van der Waals surface area contributed by atoms with Crippen molar-refractivity contribution in [3.05, 3.63) is 11.8 Å². The molecule has 0 saturated heterocycles. The highest BCUT2D eigenvalue weighted by Crippen LogP contribution is 2.63. The fourth-order valence-electron chi connectivity index (χ4n) is 5.74. The summed E-state index contributed by atoms with van der Waals surface area (Å²) in [6.45, 7) is 7.56. The molecule has 1 nitrogen and oxygen atoms in total. The summed E-state index contributed by atoms with van der Waals surface area (Å²) in [5.41, 5.74) is 1.93. The van der Waals surface area contributed by atoms with Gasteiger partial charge in [0.05, 0.1) is 12.9 Å². The molecule has 0 spiro atoms. The SMILES string of the molecule is CCC(COC=C(C)C)C12CC3CC(CC(C3)C1)C2. The van der Waals surface area contributed by atoms with Crippen LogP contribution < -0.4 is 0 Å². The Morgan fingerprint density at radius 1 is 1.11 bits per heavy atom. The fraction of sp³-hybridized carbons (Fsp3) is 0.889. The molecule has 1 unspecified atom stereocenters. The van der Waals surface area contributed by atoms with Crippen LogP contribution in [-0.4, -0.2) is 6.61 Å². The third-order valence-electron chi connectivity index (χ3n) is 6.06. The minimum absolute atomic E-state index is 0.652. The Bertz CT molecular complexity index is 315. The lowest BCUT2D eigenvalue weighted by molar-refractivity contribution is -0.0997. The van der Waals surface area contributed by atoms with Crippen LogP contribution in [0, 0.1) is 29.1 Å². The lowest BCUT2D eigenvalue weighted by atomic mass is 9.46. The molecule has 0 radical (unpaired) electrons. The van der Waals surface area contributed by atoms with Gasteiger partial charge in [0.15, 0.2) is 0 Å². The van der Waals surface area contributed by atoms with E-state index >= 15 is 0 Å². The molecule has 0 heterocycles. The monoisotopic (exact) mass is 262 g/mol. The van der Waals surface area contributed by atoms with Gasteiger partial charge in [-0.05, 0) is 93.5 Å². The Kier molecular flexibility index (Phi) is 3.66. The van der Waals surface area contributed by atoms with E-state index in [2.05, 4.69) is 20.8 Å². The molecule has 0 aliphatic heterocycles. The van der Waals surface area contributed by atoms with Crippen molar-refractivity contribution >= 4 is 0 Å². The molecule has 0 aromatic heterocycles. The van der Waals surface area contributed by atoms with Crippen molar-refractivity contribution in [1.82, 2.24) is 0 Å². The van der Waals surface area contributed by atoms with Crippen molar-refractivity contribution < 1.29 is 4.74 Å². The molecule has 4 saturated carbocycles. The molecule has 4 aliphatic rings. The van der Waals surface area contributed by atoms with Gasteiger partial charge in [-0.25, -0.2) is 0 Å². The molecule has 0 amide bonds. The maximum Gasteiger partial charge on any atom is 0.0906 e. The van der Waals surface area contributed by atoms with Gasteiger partial charge < -0.3 is 4.74 Å². The van der Waals surface area contributed by atoms with Gasteiger partial charge in [0.1, 0.15) is 0 Å². The number of rotatable bonds is 5. The Balaban J connectivity index is 1.70. The van der Waals surface area contributed by atoms with Crippen molar-refractivity contribution in [3.63, 3.8) is 0 Å². The first kappa shape index (κ1) is 13.5. The summed E-state index contributed by atoms with van der Waals surface area (Å²) in [6, 6.07) is 0. The molecular weight excluding hydrogens is 232 g/mol. The summed E-state index contributed by atoms with van der Waals surface area (Å²) < 4.78 is 5.88. The summed E-state index contributed by atoms with van der Waals surface area (Å²) >= 11 is 0. The van der Waals surface area contributed by atoms with Crippen LogP contribution in [0.15, 0.2) is 11.8 Å². The summed E-state index contributed by atoms with van der Waals surface area (Å²) in [6.07, 6.45) is 12.4. The Morgan fingerprint density at radius 3 is 2.05 bits per heavy atom. The maximum absolute atomic E-state index is 5.88. The highest BCUT2D eigenvalue weighted by atomic mass is 16.5. The number of ether oxygens (including phenoxy) is 1. The summed E-state index contributed by atoms with van der Waals surface area (Å²) in [5, 5.41) is 0. The molecule has 4 bridgehead atoms. The molecule has 1 heteroatoms. The first-order chi connectivity index (χ1) is 9.11. The summed E-state index contributed by atoms with van der Waals surface area (Å²) in [5.74, 6) is 3.97. The van der Waals surface area contributed by atoms with E-state index in [1.54, 1.807) is 19.3 Å². The van der Waals surface area contributed by atoms with E-state index in [0.29, 0.717) is 5.41 Å². The van der Waals surface area contributed by atoms with Crippen molar-refractivity contribution in [1.29, 1.82) is 0 Å². The molecule has 1 atom stereocenters. The second kappa shape index (κ2) is 5.14. The standard InChI is InChI=1S/C18H30O/c1-4-17(12-19-11-13(2)3)18-8-14-5-15(9-18)7-16(6-14)10-18/h11,14-17H,4-10,12H2,1-3H3. The summed E-state index contributed by atoms with van der Waals surface area (Å²) in [4.78, 5) is 0. The second-order valence-corrected chi connectivity index (χ2v) is 7.91. The fourth-order valence-corrected chi connectivity index (χ4v) is 5.74. The van der Waals surface area contributed by atoms with E-state index in [4.69, 9.17) is 4.74 Å². The minimum atomic E-state index is 0.652. The predicted octanol–water partition coefficient (Wildman–Crippen LogP) is 5.17. The minimum Gasteiger partial charge on any atom is -0.501 e. The van der Waals surface area contributed by atoms with E-state index in [9.17, 15) is 0 Å². The van der Waals surface area contributed by atoms with E-state index in [-0.39, 0.29) is 0 Å². The van der Waals surface area contributed by atoms with Gasteiger partial charge in [-0.1, -0.05) is 6.92 Å². The molecule has 4 rings (SSSR count). The van der Waals surface area contributed by atoms with E-state index < -0.39 is 0 Å². The number of hydrogen-bond acceptors (Lipinski definition) is 1. The van der Waals surface area contributed by atoms with Crippen molar-refractivity contribution in [2.75, 3.05) is 6.61 Å². The van der Waals surface area contributed by atoms with Crippen LogP contribution >= 0.6 is 0 Å². The van der Waals surface area contributed by atoms with E-state index in [1.807, 2.05) is 6.26 Å². The largest absolute Gasteiger partial charge is 0.501 e. The molecule has 4 fully saturated rings. The van der Waals surface area contributed by atoms with Gasteiger partial charge in [-0.2, -0.15) is 0 Å². The van der Waals surface area contributed by atoms with Crippen LogP contribution in [0.2, 0.25) is 0 Å². The van der Waals surface area contributed by atoms with Crippen LogP contribution in [-0.2, 0) is 4.74 Å². The van der Waals surface area contributed by atoms with Gasteiger partial charge in [0, 0.05) is 0 Å². The van der Waals surface area contributed by atoms with Crippen LogP contribution in [0.5, 0.6) is 0 Å². The zero-order valence-corrected chi connectivity index (χ0v) is 13.0. The zero-order valence-electron chi connectivity index (χ0n) is 13.0. The Morgan fingerprint density at radius 2 is 1.63 bits per heavy atom. The van der Waals surface area contributed by atoms with Crippen molar-refractivity contribution in [2.45, 2.75) is 65.7 Å². The topological polar surface area (TPSA) is 9.23 Å². The van der Waals surface area contributed by atoms with Crippen LogP contribution in [0.25, 0.3) is 0 Å². The predicted molar refractivity (Wildman–Crippen MR) is 79.8 cm³/mol. The lowest BCUT2D eigenvalue weighted by Crippen LogP contribution is -2.50. The van der Waals surface area contributed by atoms with E-state index in [1.165, 1.54) is 31.3 Å². The van der Waals surface area contributed by atoms with Gasteiger partial charge >= 0.3 is 0 Å². The molecular formula is C18H30O. The van der Waals surface area contributed by atoms with Gasteiger partial charge in [0.2, 0.25) is 0 Å². The quantitative estimate of drug-likeness (QED) is 0.621. The highest BCUT2D eigenvalue weighted by Gasteiger charge is 2.53. The smallest absolute Gasteiger partial charge is 0.0906 e. The normalized spacial score (nSPS) is 41.1. The third kappa shape index (κ3) is 2.58. The van der Waals surface area contributed by atoms with Gasteiger partial charge in [0.25, 0.3) is 0 Å². The second-order valence-electron chi connectivity index (χ2n) is 7.91. The van der Waals surface area contributed by atoms with Crippen molar-refractivity contribution in [3.8, 4) is 0 Å². The third-order valence-corrected chi connectivity index (χ3v) is 6.06. The zero-order chi connectivity index (χ0) is 13.5. The molecule has 4 aliphatic carbocycles. The molecule has 108 valence electrons. The van der Waals surface area contributed by atoms with Crippen molar-refractivity contribution in [2.24, 2.45) is 29.1 Å². The molecule has 0 aromatic carbocycles. The molecule has 0 aromatic rings.